The fourth-order valence-corrected chi connectivity index (χ4v) is 2.73. The van der Waals surface area contributed by atoms with Crippen molar-refractivity contribution in [3.63, 3.8) is 0 Å². The van der Waals surface area contributed by atoms with Gasteiger partial charge >= 0.3 is 6.61 Å². The molecule has 0 saturated heterocycles. The van der Waals surface area contributed by atoms with Gasteiger partial charge in [0.25, 0.3) is 11.8 Å². The summed E-state index contributed by atoms with van der Waals surface area (Å²) in [7, 11) is 3.22. The number of carbonyl (C=O) groups excluding carboxylic acids is 2. The van der Waals surface area contributed by atoms with Crippen molar-refractivity contribution >= 4 is 27.7 Å². The number of aromatic nitrogens is 1. The Kier molecular flexibility index (Phi) is 6.84. The highest BCUT2D eigenvalue weighted by molar-refractivity contribution is 9.10. The Morgan fingerprint density at radius 1 is 1.26 bits per heavy atom. The first-order valence-electron chi connectivity index (χ1n) is 7.89. The molecule has 0 fully saturated rings. The summed E-state index contributed by atoms with van der Waals surface area (Å²) < 4.78 is 30.2. The average Bonchev–Trinajstić information content (AvgIpc) is 2.60. The summed E-state index contributed by atoms with van der Waals surface area (Å²) in [5.74, 6) is -0.727. The second-order valence-electron chi connectivity index (χ2n) is 5.84. The summed E-state index contributed by atoms with van der Waals surface area (Å²) in [6.45, 7) is -1.36. The lowest BCUT2D eigenvalue weighted by atomic mass is 10.1. The molecule has 0 bridgehead atoms. The van der Waals surface area contributed by atoms with Crippen LogP contribution in [-0.2, 0) is 6.54 Å². The van der Waals surface area contributed by atoms with Gasteiger partial charge in [0.1, 0.15) is 11.4 Å². The summed E-state index contributed by atoms with van der Waals surface area (Å²) in [4.78, 5) is 29.9. The largest absolute Gasteiger partial charge is 0.434 e. The summed E-state index contributed by atoms with van der Waals surface area (Å²) in [5, 5.41) is 2.65. The minimum Gasteiger partial charge on any atom is -0.434 e. The number of nitrogens with zero attached hydrogens (tertiary/aromatic N) is 2. The molecule has 0 aliphatic rings. The van der Waals surface area contributed by atoms with Crippen LogP contribution in [0.4, 0.5) is 8.78 Å². The monoisotopic (exact) mass is 441 g/mol. The van der Waals surface area contributed by atoms with E-state index in [2.05, 4.69) is 31.0 Å². The number of ether oxygens (including phenoxy) is 1. The van der Waals surface area contributed by atoms with Crippen LogP contribution in [0.2, 0.25) is 0 Å². The molecule has 2 amide bonds. The molecule has 0 atom stereocenters. The number of amides is 2. The van der Waals surface area contributed by atoms with Gasteiger partial charge in [-0.2, -0.15) is 8.78 Å². The number of halogens is 3. The maximum atomic E-state index is 12.5. The molecule has 0 radical (unpaired) electrons. The second-order valence-corrected chi connectivity index (χ2v) is 6.76. The first-order valence-corrected chi connectivity index (χ1v) is 8.69. The number of hydrogen-bond donors (Lipinski definition) is 1. The number of benzene rings is 1. The van der Waals surface area contributed by atoms with Gasteiger partial charge in [0.15, 0.2) is 0 Å². The zero-order valence-electron chi connectivity index (χ0n) is 14.9. The van der Waals surface area contributed by atoms with Crippen molar-refractivity contribution in [2.75, 3.05) is 14.1 Å². The number of hydrogen-bond acceptors (Lipinski definition) is 4. The molecule has 1 N–H and O–H groups in total. The lowest BCUT2D eigenvalue weighted by molar-refractivity contribution is -0.0504. The summed E-state index contributed by atoms with van der Waals surface area (Å²) in [6, 6.07) is 7.52. The van der Waals surface area contributed by atoms with E-state index < -0.39 is 12.5 Å². The topological polar surface area (TPSA) is 71.5 Å². The Labute approximate surface area is 163 Å². The van der Waals surface area contributed by atoms with Crippen LogP contribution in [0.3, 0.4) is 0 Å². The standard InChI is InChI=1S/C18H18BrF2N3O3/c1-10-13(5-6-14(23-10)17(26)24(2)3)16(25)22-9-11-8-12(19)4-7-15(11)27-18(20)21/h4-8,18H,9H2,1-3H3,(H,22,25). The number of carbonyl (C=O) groups is 2. The lowest BCUT2D eigenvalue weighted by Gasteiger charge is -2.13. The van der Waals surface area contributed by atoms with Crippen molar-refractivity contribution in [1.82, 2.24) is 15.2 Å². The van der Waals surface area contributed by atoms with Gasteiger partial charge in [-0.1, -0.05) is 15.9 Å². The lowest BCUT2D eigenvalue weighted by Crippen LogP contribution is -2.26. The van der Waals surface area contributed by atoms with Crippen LogP contribution in [0.5, 0.6) is 5.75 Å². The Bertz CT molecular complexity index is 860. The predicted molar refractivity (Wildman–Crippen MR) is 98.9 cm³/mol. The number of aryl methyl sites for hydroxylation is 1. The van der Waals surface area contributed by atoms with E-state index >= 15 is 0 Å². The third-order valence-corrected chi connectivity index (χ3v) is 4.13. The molecule has 0 unspecified atom stereocenters. The van der Waals surface area contributed by atoms with Crippen molar-refractivity contribution in [2.24, 2.45) is 0 Å². The van der Waals surface area contributed by atoms with Gasteiger partial charge in [-0.25, -0.2) is 4.98 Å². The molecule has 2 aromatic rings. The molecule has 6 nitrogen and oxygen atoms in total. The van der Waals surface area contributed by atoms with Crippen LogP contribution >= 0.6 is 15.9 Å². The Morgan fingerprint density at radius 2 is 1.96 bits per heavy atom. The molecular weight excluding hydrogens is 424 g/mol. The van der Waals surface area contributed by atoms with Gasteiger partial charge in [-0.3, -0.25) is 9.59 Å². The van der Waals surface area contributed by atoms with Crippen LogP contribution in [0, 0.1) is 6.92 Å². The highest BCUT2D eigenvalue weighted by Gasteiger charge is 2.16. The van der Waals surface area contributed by atoms with Gasteiger partial charge in [0, 0.05) is 30.7 Å². The molecular formula is C18H18BrF2N3O3. The van der Waals surface area contributed by atoms with E-state index in [9.17, 15) is 18.4 Å². The minimum absolute atomic E-state index is 0.0157. The maximum Gasteiger partial charge on any atom is 0.387 e. The molecule has 1 aromatic carbocycles. The second kappa shape index (κ2) is 8.90. The van der Waals surface area contributed by atoms with Crippen LogP contribution < -0.4 is 10.1 Å². The molecule has 0 aliphatic carbocycles. The SMILES string of the molecule is Cc1nc(C(=O)N(C)C)ccc1C(=O)NCc1cc(Br)ccc1OC(F)F. The van der Waals surface area contributed by atoms with Gasteiger partial charge in [-0.15, -0.1) is 0 Å². The van der Waals surface area contributed by atoms with Crippen LogP contribution in [-0.4, -0.2) is 42.4 Å². The number of alkyl halides is 2. The van der Waals surface area contributed by atoms with Crippen molar-refractivity contribution in [3.05, 3.63) is 57.3 Å². The third-order valence-electron chi connectivity index (χ3n) is 3.63. The Balaban J connectivity index is 2.15. The third kappa shape index (κ3) is 5.46. The number of pyridine rings is 1. The van der Waals surface area contributed by atoms with E-state index in [0.717, 1.165) is 0 Å². The molecule has 27 heavy (non-hydrogen) atoms. The first kappa shape index (κ1) is 20.8. The molecule has 0 saturated carbocycles. The van der Waals surface area contributed by atoms with E-state index in [1.54, 1.807) is 33.2 Å². The molecule has 1 heterocycles. The van der Waals surface area contributed by atoms with Crippen molar-refractivity contribution < 1.29 is 23.1 Å². The quantitative estimate of drug-likeness (QED) is 0.745. The van der Waals surface area contributed by atoms with Gasteiger partial charge in [-0.05, 0) is 37.3 Å². The highest BCUT2D eigenvalue weighted by atomic mass is 79.9. The zero-order valence-corrected chi connectivity index (χ0v) is 16.5. The van der Waals surface area contributed by atoms with Gasteiger partial charge in [0.2, 0.25) is 0 Å². The van der Waals surface area contributed by atoms with E-state index in [1.165, 1.54) is 23.1 Å². The molecule has 144 valence electrons. The summed E-state index contributed by atoms with van der Waals surface area (Å²) in [6.07, 6.45) is 0. The molecule has 2 rings (SSSR count). The Hall–Kier alpha value is -2.55. The van der Waals surface area contributed by atoms with Gasteiger partial charge < -0.3 is 15.0 Å². The minimum atomic E-state index is -2.96. The fraction of sp³-hybridized carbons (Fsp3) is 0.278. The van der Waals surface area contributed by atoms with E-state index in [-0.39, 0.29) is 29.5 Å². The van der Waals surface area contributed by atoms with E-state index in [0.29, 0.717) is 15.7 Å². The summed E-state index contributed by atoms with van der Waals surface area (Å²) >= 11 is 3.26. The van der Waals surface area contributed by atoms with Crippen LogP contribution in [0.25, 0.3) is 0 Å². The molecule has 0 spiro atoms. The maximum absolute atomic E-state index is 12.5. The summed E-state index contributed by atoms with van der Waals surface area (Å²) in [5.41, 5.74) is 1.30. The van der Waals surface area contributed by atoms with Crippen LogP contribution in [0.15, 0.2) is 34.8 Å². The zero-order chi connectivity index (χ0) is 20.1. The Morgan fingerprint density at radius 3 is 2.56 bits per heavy atom. The molecule has 0 aliphatic heterocycles. The smallest absolute Gasteiger partial charge is 0.387 e. The number of nitrogens with one attached hydrogen (secondary N) is 1. The van der Waals surface area contributed by atoms with Crippen molar-refractivity contribution in [1.29, 1.82) is 0 Å². The normalized spacial score (nSPS) is 10.6. The average molecular weight is 442 g/mol. The number of rotatable bonds is 6. The van der Waals surface area contributed by atoms with Crippen LogP contribution in [0.1, 0.15) is 32.1 Å². The van der Waals surface area contributed by atoms with Crippen molar-refractivity contribution in [3.8, 4) is 5.75 Å². The molecule has 9 heteroatoms. The molecule has 1 aromatic heterocycles. The predicted octanol–water partition coefficient (Wildman–Crippen LogP) is 3.39. The van der Waals surface area contributed by atoms with E-state index in [4.69, 9.17) is 0 Å². The highest BCUT2D eigenvalue weighted by Crippen LogP contribution is 2.25. The fourth-order valence-electron chi connectivity index (χ4n) is 2.32. The first-order chi connectivity index (χ1) is 12.7. The van der Waals surface area contributed by atoms with E-state index in [1.807, 2.05) is 0 Å². The van der Waals surface area contributed by atoms with Crippen molar-refractivity contribution in [2.45, 2.75) is 20.1 Å². The van der Waals surface area contributed by atoms with Gasteiger partial charge in [0.05, 0.1) is 11.3 Å².